The maximum Gasteiger partial charge on any atom is 0.274 e. The molecule has 0 saturated carbocycles. The van der Waals surface area contributed by atoms with Gasteiger partial charge < -0.3 is 15.4 Å². The highest BCUT2D eigenvalue weighted by atomic mass is 16.5. The van der Waals surface area contributed by atoms with Crippen molar-refractivity contribution in [1.29, 1.82) is 0 Å². The van der Waals surface area contributed by atoms with Crippen molar-refractivity contribution in [3.63, 3.8) is 0 Å². The van der Waals surface area contributed by atoms with Crippen molar-refractivity contribution in [2.24, 2.45) is 0 Å². The predicted molar refractivity (Wildman–Crippen MR) is 112 cm³/mol. The van der Waals surface area contributed by atoms with Gasteiger partial charge in [-0.25, -0.2) is 9.97 Å². The second kappa shape index (κ2) is 8.52. The van der Waals surface area contributed by atoms with E-state index in [1.165, 1.54) is 6.92 Å². The fraction of sp³-hybridized carbons (Fsp3) is 0.182. The van der Waals surface area contributed by atoms with Gasteiger partial charge in [-0.2, -0.15) is 0 Å². The minimum absolute atomic E-state index is 0.0309. The van der Waals surface area contributed by atoms with E-state index < -0.39 is 0 Å². The quantitative estimate of drug-likeness (QED) is 0.610. The van der Waals surface area contributed by atoms with Gasteiger partial charge in [0.15, 0.2) is 5.78 Å². The summed E-state index contributed by atoms with van der Waals surface area (Å²) >= 11 is 0. The van der Waals surface area contributed by atoms with Crippen LogP contribution in [0.25, 0.3) is 0 Å². The summed E-state index contributed by atoms with van der Waals surface area (Å²) in [6.45, 7) is 5.26. The van der Waals surface area contributed by atoms with Gasteiger partial charge in [-0.15, -0.1) is 0 Å². The number of carbonyl (C=O) groups excluding carboxylic acids is 2. The van der Waals surface area contributed by atoms with Gasteiger partial charge in [0, 0.05) is 16.9 Å². The third-order valence-electron chi connectivity index (χ3n) is 4.24. The number of nitrogens with zero attached hydrogens (tertiary/aromatic N) is 2. The molecule has 29 heavy (non-hydrogen) atoms. The number of hydrogen-bond acceptors (Lipinski definition) is 6. The molecule has 7 nitrogen and oxygen atoms in total. The van der Waals surface area contributed by atoms with Crippen LogP contribution in [-0.4, -0.2) is 28.8 Å². The average molecular weight is 390 g/mol. The van der Waals surface area contributed by atoms with Crippen LogP contribution in [-0.2, 0) is 0 Å². The lowest BCUT2D eigenvalue weighted by Crippen LogP contribution is -2.15. The number of hydrogen-bond donors (Lipinski definition) is 2. The Balaban J connectivity index is 1.82. The van der Waals surface area contributed by atoms with Crippen LogP contribution in [0.4, 0.5) is 17.3 Å². The number of ether oxygens (including phenoxy) is 1. The van der Waals surface area contributed by atoms with E-state index in [4.69, 9.17) is 4.74 Å². The molecule has 1 aromatic heterocycles. The van der Waals surface area contributed by atoms with Crippen molar-refractivity contribution < 1.29 is 14.3 Å². The molecule has 1 amide bonds. The fourth-order valence-electron chi connectivity index (χ4n) is 2.76. The number of aromatic nitrogens is 2. The molecule has 0 aliphatic heterocycles. The normalized spacial score (nSPS) is 10.3. The minimum Gasteiger partial charge on any atom is -0.495 e. The highest BCUT2D eigenvalue weighted by Gasteiger charge is 2.13. The van der Waals surface area contributed by atoms with Gasteiger partial charge in [0.1, 0.15) is 11.4 Å². The summed E-state index contributed by atoms with van der Waals surface area (Å²) in [5, 5.41) is 5.90. The zero-order valence-electron chi connectivity index (χ0n) is 16.7. The van der Waals surface area contributed by atoms with E-state index in [1.54, 1.807) is 44.4 Å². The Bertz CT molecular complexity index is 1060. The molecule has 0 radical (unpaired) electrons. The molecule has 3 rings (SSSR count). The minimum atomic E-state index is -0.370. The van der Waals surface area contributed by atoms with Crippen molar-refractivity contribution in [2.75, 3.05) is 17.7 Å². The monoisotopic (exact) mass is 390 g/mol. The van der Waals surface area contributed by atoms with Crippen molar-refractivity contribution in [1.82, 2.24) is 9.97 Å². The Morgan fingerprint density at radius 2 is 1.69 bits per heavy atom. The first kappa shape index (κ1) is 20.0. The molecule has 0 aliphatic rings. The maximum atomic E-state index is 12.6. The first-order valence-electron chi connectivity index (χ1n) is 9.05. The molecule has 0 saturated heterocycles. The predicted octanol–water partition coefficient (Wildman–Crippen LogP) is 4.30. The SMILES string of the molecule is COc1ccc(C)cc1Nc1nc(C)cc(C(=O)Nc2ccc(C(C)=O)cc2)n1. The number of carbonyl (C=O) groups is 2. The average Bonchev–Trinajstić information content (AvgIpc) is 2.68. The highest BCUT2D eigenvalue weighted by molar-refractivity contribution is 6.03. The molecule has 0 aliphatic carbocycles. The lowest BCUT2D eigenvalue weighted by atomic mass is 10.1. The lowest BCUT2D eigenvalue weighted by molar-refractivity contribution is 0.101. The van der Waals surface area contributed by atoms with E-state index >= 15 is 0 Å². The van der Waals surface area contributed by atoms with E-state index in [2.05, 4.69) is 20.6 Å². The molecular formula is C22H22N4O3. The van der Waals surface area contributed by atoms with Gasteiger partial charge >= 0.3 is 0 Å². The van der Waals surface area contributed by atoms with Crippen molar-refractivity contribution >= 4 is 29.0 Å². The molecule has 2 N–H and O–H groups in total. The fourth-order valence-corrected chi connectivity index (χ4v) is 2.76. The lowest BCUT2D eigenvalue weighted by Gasteiger charge is -2.12. The molecule has 2 aromatic carbocycles. The first-order chi connectivity index (χ1) is 13.9. The van der Waals surface area contributed by atoms with Gasteiger partial charge in [-0.1, -0.05) is 6.07 Å². The summed E-state index contributed by atoms with van der Waals surface area (Å²) in [6.07, 6.45) is 0. The Labute approximate surface area is 169 Å². The molecule has 3 aromatic rings. The Morgan fingerprint density at radius 3 is 2.34 bits per heavy atom. The van der Waals surface area contributed by atoms with E-state index in [0.29, 0.717) is 34.3 Å². The van der Waals surface area contributed by atoms with Gasteiger partial charge in [0.25, 0.3) is 5.91 Å². The number of benzene rings is 2. The zero-order chi connectivity index (χ0) is 21.0. The van der Waals surface area contributed by atoms with Gasteiger partial charge in [-0.3, -0.25) is 9.59 Å². The summed E-state index contributed by atoms with van der Waals surface area (Å²) in [5.74, 6) is 0.546. The van der Waals surface area contributed by atoms with Crippen LogP contribution in [0.5, 0.6) is 5.75 Å². The molecular weight excluding hydrogens is 368 g/mol. The van der Waals surface area contributed by atoms with Crippen LogP contribution in [0, 0.1) is 13.8 Å². The van der Waals surface area contributed by atoms with Gasteiger partial charge in [0.05, 0.1) is 12.8 Å². The number of nitrogens with one attached hydrogen (secondary N) is 2. The van der Waals surface area contributed by atoms with Crippen LogP contribution in [0.1, 0.15) is 39.0 Å². The van der Waals surface area contributed by atoms with Crippen LogP contribution in [0.3, 0.4) is 0 Å². The highest BCUT2D eigenvalue weighted by Crippen LogP contribution is 2.27. The van der Waals surface area contributed by atoms with Crippen molar-refractivity contribution in [3.8, 4) is 5.75 Å². The number of aryl methyl sites for hydroxylation is 2. The number of rotatable bonds is 6. The molecule has 0 spiro atoms. The summed E-state index contributed by atoms with van der Waals surface area (Å²) in [4.78, 5) is 32.7. The summed E-state index contributed by atoms with van der Waals surface area (Å²) in [5.41, 5.74) is 3.79. The summed E-state index contributed by atoms with van der Waals surface area (Å²) in [6, 6.07) is 14.0. The molecule has 1 heterocycles. The van der Waals surface area contributed by atoms with Gasteiger partial charge in [-0.05, 0) is 68.8 Å². The largest absolute Gasteiger partial charge is 0.495 e. The van der Waals surface area contributed by atoms with E-state index in [0.717, 1.165) is 5.56 Å². The zero-order valence-corrected chi connectivity index (χ0v) is 16.7. The number of methoxy groups -OCH3 is 1. The standard InChI is InChI=1S/C22H22N4O3/c1-13-5-10-20(29-4)18(11-13)25-22-23-14(2)12-19(26-22)21(28)24-17-8-6-16(7-9-17)15(3)27/h5-12H,1-4H3,(H,24,28)(H,23,25,26). The number of ketones is 1. The topological polar surface area (TPSA) is 93.2 Å². The van der Waals surface area contributed by atoms with Crippen molar-refractivity contribution in [3.05, 3.63) is 71.0 Å². The second-order valence-corrected chi connectivity index (χ2v) is 6.63. The molecule has 148 valence electrons. The van der Waals surface area contributed by atoms with Crippen LogP contribution in [0.15, 0.2) is 48.5 Å². The van der Waals surface area contributed by atoms with Gasteiger partial charge in [0.2, 0.25) is 5.95 Å². The Morgan fingerprint density at radius 1 is 0.966 bits per heavy atom. The molecule has 0 unspecified atom stereocenters. The van der Waals surface area contributed by atoms with Crippen LogP contribution >= 0.6 is 0 Å². The van der Waals surface area contributed by atoms with Crippen LogP contribution in [0.2, 0.25) is 0 Å². The third kappa shape index (κ3) is 4.95. The van der Waals surface area contributed by atoms with E-state index in [-0.39, 0.29) is 17.4 Å². The smallest absolute Gasteiger partial charge is 0.274 e. The van der Waals surface area contributed by atoms with E-state index in [1.807, 2.05) is 25.1 Å². The van der Waals surface area contributed by atoms with Crippen LogP contribution < -0.4 is 15.4 Å². The molecule has 0 fully saturated rings. The molecule has 7 heteroatoms. The Hall–Kier alpha value is -3.74. The third-order valence-corrected chi connectivity index (χ3v) is 4.24. The molecule has 0 atom stereocenters. The Kier molecular flexibility index (Phi) is 5.87. The number of anilines is 3. The maximum absolute atomic E-state index is 12.6. The molecule has 0 bridgehead atoms. The van der Waals surface area contributed by atoms with Crippen molar-refractivity contribution in [2.45, 2.75) is 20.8 Å². The number of amides is 1. The number of Topliss-reactive ketones (excluding diaryl/α,β-unsaturated/α-hetero) is 1. The van der Waals surface area contributed by atoms with E-state index in [9.17, 15) is 9.59 Å². The summed E-state index contributed by atoms with van der Waals surface area (Å²) < 4.78 is 5.36. The second-order valence-electron chi connectivity index (χ2n) is 6.63. The first-order valence-corrected chi connectivity index (χ1v) is 9.05. The summed E-state index contributed by atoms with van der Waals surface area (Å²) in [7, 11) is 1.59.